The molecule has 4 bridgehead atoms. The first-order valence-corrected chi connectivity index (χ1v) is 8.22. The van der Waals surface area contributed by atoms with Gasteiger partial charge in [0.05, 0.1) is 0 Å². The molecule has 0 atom stereocenters. The van der Waals surface area contributed by atoms with Gasteiger partial charge in [0.1, 0.15) is 0 Å². The number of hydrogen-bond donors (Lipinski definition) is 1. The second-order valence-corrected chi connectivity index (χ2v) is 6.56. The van der Waals surface area contributed by atoms with E-state index in [9.17, 15) is 9.59 Å². The van der Waals surface area contributed by atoms with Crippen molar-refractivity contribution in [3.8, 4) is 0 Å². The third kappa shape index (κ3) is 1.42. The van der Waals surface area contributed by atoms with E-state index in [2.05, 4.69) is 35.3 Å². The molecule has 25 heavy (non-hydrogen) atoms. The predicted molar refractivity (Wildman–Crippen MR) is 103 cm³/mol. The standard InChI is InChI=1S/C22H11NO2/c24-21-15-9-7-13-12-5-1-3-11-4-2-6-16(18(11)12)20-17(22(25)23-21)10-8-14(15)19(13)20/h1-10H,(H,23,24,25). The topological polar surface area (TPSA) is 49.9 Å². The van der Waals surface area contributed by atoms with Gasteiger partial charge in [-0.05, 0) is 49.8 Å². The van der Waals surface area contributed by atoms with E-state index in [0.717, 1.165) is 37.7 Å². The molecular formula is C22H11NO2. The highest BCUT2D eigenvalue weighted by atomic mass is 16.2. The molecular weight excluding hydrogens is 310 g/mol. The molecule has 0 unspecified atom stereocenters. The van der Waals surface area contributed by atoms with E-state index in [-0.39, 0.29) is 11.1 Å². The Morgan fingerprint density at radius 1 is 0.480 bits per heavy atom. The van der Waals surface area contributed by atoms with Crippen LogP contribution in [0.25, 0.3) is 53.9 Å². The average Bonchev–Trinajstić information content (AvgIpc) is 2.64. The van der Waals surface area contributed by atoms with Crippen molar-refractivity contribution in [2.45, 2.75) is 0 Å². The summed E-state index contributed by atoms with van der Waals surface area (Å²) in [6, 6.07) is 20.0. The van der Waals surface area contributed by atoms with Crippen LogP contribution in [0.3, 0.4) is 0 Å². The number of nitrogens with one attached hydrogen (secondary N) is 1. The van der Waals surface area contributed by atoms with Crippen LogP contribution in [-0.4, -0.2) is 4.98 Å². The van der Waals surface area contributed by atoms with Gasteiger partial charge < -0.3 is 0 Å². The number of aromatic amines is 1. The summed E-state index contributed by atoms with van der Waals surface area (Å²) in [7, 11) is 0. The lowest BCUT2D eigenvalue weighted by Crippen LogP contribution is -2.17. The van der Waals surface area contributed by atoms with Crippen LogP contribution in [0.5, 0.6) is 0 Å². The Morgan fingerprint density at radius 2 is 1.00 bits per heavy atom. The van der Waals surface area contributed by atoms with Gasteiger partial charge in [-0.1, -0.05) is 48.5 Å². The predicted octanol–water partition coefficient (Wildman–Crippen LogP) is 4.38. The maximum Gasteiger partial charge on any atom is 0.258 e. The maximum absolute atomic E-state index is 12.7. The third-order valence-corrected chi connectivity index (χ3v) is 5.36. The molecule has 5 aromatic carbocycles. The molecule has 116 valence electrons. The van der Waals surface area contributed by atoms with Crippen LogP contribution in [0.15, 0.2) is 70.3 Å². The van der Waals surface area contributed by atoms with Crippen molar-refractivity contribution in [1.82, 2.24) is 4.98 Å². The third-order valence-electron chi connectivity index (χ3n) is 5.36. The van der Waals surface area contributed by atoms with E-state index in [1.54, 1.807) is 0 Å². The average molecular weight is 321 g/mol. The van der Waals surface area contributed by atoms with Gasteiger partial charge in [-0.15, -0.1) is 0 Å². The minimum Gasteiger partial charge on any atom is -0.288 e. The van der Waals surface area contributed by atoms with Crippen molar-refractivity contribution < 1.29 is 0 Å². The number of rotatable bonds is 0. The van der Waals surface area contributed by atoms with E-state index in [1.165, 1.54) is 5.39 Å². The van der Waals surface area contributed by atoms with Gasteiger partial charge >= 0.3 is 0 Å². The first-order valence-electron chi connectivity index (χ1n) is 8.22. The molecule has 0 radical (unpaired) electrons. The molecule has 0 aliphatic carbocycles. The number of H-pyrrole nitrogens is 1. The molecule has 0 aliphatic heterocycles. The summed E-state index contributed by atoms with van der Waals surface area (Å²) < 4.78 is 0. The lowest BCUT2D eigenvalue weighted by atomic mass is 9.87. The van der Waals surface area contributed by atoms with Crippen LogP contribution in [0.1, 0.15) is 0 Å². The molecule has 1 N–H and O–H groups in total. The zero-order chi connectivity index (χ0) is 16.7. The fraction of sp³-hybridized carbons (Fsp3) is 0. The van der Waals surface area contributed by atoms with Crippen LogP contribution in [0, 0.1) is 0 Å². The van der Waals surface area contributed by atoms with Crippen molar-refractivity contribution in [3.05, 3.63) is 81.4 Å². The van der Waals surface area contributed by atoms with Crippen LogP contribution < -0.4 is 11.1 Å². The first-order chi connectivity index (χ1) is 12.2. The second kappa shape index (κ2) is 4.14. The molecule has 0 aliphatic rings. The molecule has 3 nitrogen and oxygen atoms in total. The summed E-state index contributed by atoms with van der Waals surface area (Å²) >= 11 is 0. The summed E-state index contributed by atoms with van der Waals surface area (Å²) in [6.07, 6.45) is 0. The van der Waals surface area contributed by atoms with E-state index >= 15 is 0 Å². The molecule has 7 aromatic rings. The Hall–Kier alpha value is -3.46. The van der Waals surface area contributed by atoms with Crippen molar-refractivity contribution in [2.24, 2.45) is 0 Å². The highest BCUT2D eigenvalue weighted by Crippen LogP contribution is 2.41. The van der Waals surface area contributed by atoms with Gasteiger partial charge in [-0.2, -0.15) is 0 Å². The van der Waals surface area contributed by atoms with Crippen LogP contribution in [0.2, 0.25) is 0 Å². The Balaban J connectivity index is 2.21. The zero-order valence-corrected chi connectivity index (χ0v) is 13.1. The Kier molecular flexibility index (Phi) is 2.13. The smallest absolute Gasteiger partial charge is 0.258 e. The molecule has 2 aromatic heterocycles. The van der Waals surface area contributed by atoms with Crippen molar-refractivity contribution in [2.75, 3.05) is 0 Å². The van der Waals surface area contributed by atoms with E-state index < -0.39 is 0 Å². The van der Waals surface area contributed by atoms with Crippen molar-refractivity contribution >= 4 is 53.9 Å². The first kappa shape index (κ1) is 12.9. The van der Waals surface area contributed by atoms with Gasteiger partial charge in [0.15, 0.2) is 0 Å². The minimum absolute atomic E-state index is 0.333. The lowest BCUT2D eigenvalue weighted by molar-refractivity contribution is 1.23. The molecule has 0 fully saturated rings. The fourth-order valence-electron chi connectivity index (χ4n) is 4.35. The second-order valence-electron chi connectivity index (χ2n) is 6.56. The molecule has 0 saturated carbocycles. The largest absolute Gasteiger partial charge is 0.288 e. The summed E-state index contributed by atoms with van der Waals surface area (Å²) in [4.78, 5) is 27.6. The van der Waals surface area contributed by atoms with Gasteiger partial charge in [0.2, 0.25) is 0 Å². The Labute approximate surface area is 140 Å². The molecule has 2 heterocycles. The highest BCUT2D eigenvalue weighted by Gasteiger charge is 2.17. The maximum atomic E-state index is 12.7. The van der Waals surface area contributed by atoms with Gasteiger partial charge in [0, 0.05) is 16.2 Å². The summed E-state index contributed by atoms with van der Waals surface area (Å²) in [5, 5.41) is 9.56. The van der Waals surface area contributed by atoms with Crippen molar-refractivity contribution in [3.63, 3.8) is 0 Å². The van der Waals surface area contributed by atoms with Gasteiger partial charge in [-0.25, -0.2) is 0 Å². The number of fused-ring (bicyclic) bond motifs is 4. The van der Waals surface area contributed by atoms with E-state index in [4.69, 9.17) is 0 Å². The normalized spacial score (nSPS) is 12.3. The molecule has 7 rings (SSSR count). The monoisotopic (exact) mass is 321 g/mol. The van der Waals surface area contributed by atoms with Crippen molar-refractivity contribution in [1.29, 1.82) is 0 Å². The number of benzene rings is 5. The summed E-state index contributed by atoms with van der Waals surface area (Å²) in [6.45, 7) is 0. The minimum atomic E-state index is -0.337. The molecule has 3 heteroatoms. The Bertz CT molecular complexity index is 1570. The molecule has 0 spiro atoms. The SMILES string of the molecule is O=c1[nH]c(=O)c2ccc3c1ccc1c4cccc5cccc(c54)c2c31. The Morgan fingerprint density at radius 3 is 1.80 bits per heavy atom. The number of aromatic nitrogens is 1. The fourth-order valence-corrected chi connectivity index (χ4v) is 4.35. The zero-order valence-electron chi connectivity index (χ0n) is 13.1. The summed E-state index contributed by atoms with van der Waals surface area (Å²) in [5.74, 6) is 0. The van der Waals surface area contributed by atoms with E-state index in [0.29, 0.717) is 10.8 Å². The number of hydrogen-bond acceptors (Lipinski definition) is 2. The van der Waals surface area contributed by atoms with Gasteiger partial charge in [0.25, 0.3) is 11.1 Å². The molecule has 0 saturated heterocycles. The summed E-state index contributed by atoms with van der Waals surface area (Å²) in [5.41, 5.74) is -0.670. The lowest BCUT2D eigenvalue weighted by Gasteiger charge is -2.15. The van der Waals surface area contributed by atoms with Crippen LogP contribution >= 0.6 is 0 Å². The van der Waals surface area contributed by atoms with Crippen LogP contribution in [-0.2, 0) is 0 Å². The highest BCUT2D eigenvalue weighted by molar-refractivity contribution is 6.37. The van der Waals surface area contributed by atoms with E-state index in [1.807, 2.05) is 30.3 Å². The quantitative estimate of drug-likeness (QED) is 0.333. The van der Waals surface area contributed by atoms with Gasteiger partial charge in [-0.3, -0.25) is 14.6 Å². The molecule has 0 amide bonds. The van der Waals surface area contributed by atoms with Crippen LogP contribution in [0.4, 0.5) is 0 Å².